The molecule has 2 heterocycles. The highest BCUT2D eigenvalue weighted by molar-refractivity contribution is 5.90. The number of benzene rings is 2. The van der Waals surface area contributed by atoms with Crippen LogP contribution in [0.1, 0.15) is 26.3 Å². The smallest absolute Gasteiger partial charge is 0.307 e. The molecule has 0 radical (unpaired) electrons. The van der Waals surface area contributed by atoms with Crippen molar-refractivity contribution < 1.29 is 14.2 Å². The number of nitrogens with zero attached hydrogens (tertiary/aromatic N) is 5. The third-order valence-corrected chi connectivity index (χ3v) is 4.99. The zero-order valence-corrected chi connectivity index (χ0v) is 18.3. The van der Waals surface area contributed by atoms with Gasteiger partial charge in [0.25, 0.3) is 5.89 Å². The lowest BCUT2D eigenvalue weighted by atomic mass is 9.87. The van der Waals surface area contributed by atoms with Crippen molar-refractivity contribution in [2.75, 3.05) is 5.32 Å². The summed E-state index contributed by atoms with van der Waals surface area (Å²) in [6.07, 6.45) is 2.30. The summed E-state index contributed by atoms with van der Waals surface area (Å²) in [6.45, 7) is 6.32. The first-order chi connectivity index (χ1) is 15.7. The van der Waals surface area contributed by atoms with Crippen LogP contribution in [0.25, 0.3) is 22.8 Å². The number of amides is 1. The van der Waals surface area contributed by atoms with Crippen LogP contribution < -0.4 is 5.32 Å². The van der Waals surface area contributed by atoms with Crippen LogP contribution in [0.3, 0.4) is 0 Å². The number of aromatic nitrogens is 4. The van der Waals surface area contributed by atoms with Crippen LogP contribution in [-0.2, 0) is 16.8 Å². The van der Waals surface area contributed by atoms with E-state index in [1.165, 1.54) is 16.4 Å². The third kappa shape index (κ3) is 5.12. The topological polar surface area (TPSA) is 129 Å². The number of hydrogen-bond donors (Lipinski definition) is 1. The molecule has 0 aliphatic carbocycles. The Bertz CT molecular complexity index is 1280. The molecule has 168 valence electrons. The van der Waals surface area contributed by atoms with Crippen molar-refractivity contribution in [3.63, 3.8) is 0 Å². The molecular formula is C23H22N6O4. The first-order valence-electron chi connectivity index (χ1n) is 10.2. The second-order valence-electron chi connectivity index (χ2n) is 8.53. The Morgan fingerprint density at radius 1 is 1.09 bits per heavy atom. The van der Waals surface area contributed by atoms with E-state index in [0.29, 0.717) is 17.4 Å². The van der Waals surface area contributed by atoms with Gasteiger partial charge in [0, 0.05) is 16.8 Å². The Morgan fingerprint density at radius 3 is 2.36 bits per heavy atom. The molecule has 2 aromatic heterocycles. The predicted octanol–water partition coefficient (Wildman–Crippen LogP) is 4.44. The van der Waals surface area contributed by atoms with E-state index >= 15 is 0 Å². The van der Waals surface area contributed by atoms with Crippen LogP contribution in [0, 0.1) is 10.1 Å². The van der Waals surface area contributed by atoms with Crippen LogP contribution in [-0.4, -0.2) is 30.8 Å². The molecular weight excluding hydrogens is 424 g/mol. The van der Waals surface area contributed by atoms with Crippen molar-refractivity contribution in [2.24, 2.45) is 0 Å². The van der Waals surface area contributed by atoms with Gasteiger partial charge in [-0.3, -0.25) is 19.6 Å². The van der Waals surface area contributed by atoms with Gasteiger partial charge in [0.15, 0.2) is 0 Å². The van der Waals surface area contributed by atoms with E-state index in [-0.39, 0.29) is 23.6 Å². The second-order valence-corrected chi connectivity index (χ2v) is 8.53. The summed E-state index contributed by atoms with van der Waals surface area (Å²) < 4.78 is 6.63. The highest BCUT2D eigenvalue weighted by atomic mass is 16.6. The molecule has 10 nitrogen and oxygen atoms in total. The van der Waals surface area contributed by atoms with Crippen LogP contribution in [0.2, 0.25) is 0 Å². The minimum atomic E-state index is -0.565. The molecule has 33 heavy (non-hydrogen) atoms. The van der Waals surface area contributed by atoms with Gasteiger partial charge in [-0.25, -0.2) is 0 Å². The van der Waals surface area contributed by atoms with Crippen LogP contribution in [0.4, 0.5) is 11.4 Å². The molecule has 0 aliphatic heterocycles. The van der Waals surface area contributed by atoms with Gasteiger partial charge in [-0.2, -0.15) is 10.1 Å². The highest BCUT2D eigenvalue weighted by Crippen LogP contribution is 2.27. The van der Waals surface area contributed by atoms with Crippen molar-refractivity contribution in [3.05, 3.63) is 76.6 Å². The molecule has 0 bridgehead atoms. The zero-order valence-electron chi connectivity index (χ0n) is 18.3. The van der Waals surface area contributed by atoms with Crippen molar-refractivity contribution in [1.82, 2.24) is 19.9 Å². The molecule has 0 saturated carbocycles. The first kappa shape index (κ1) is 21.9. The summed E-state index contributed by atoms with van der Waals surface area (Å²) in [4.78, 5) is 26.8. The molecule has 0 spiro atoms. The van der Waals surface area contributed by atoms with E-state index in [1.54, 1.807) is 24.3 Å². The number of carbonyl (C=O) groups is 1. The SMILES string of the molecule is CC(C)(C)c1ccc(-c2nc(-c3ccc(NC(=O)Cn4cc([N+](=O)[O-])cn4)cc3)no2)cc1. The maximum Gasteiger partial charge on any atom is 0.307 e. The van der Waals surface area contributed by atoms with Gasteiger partial charge in [-0.05, 0) is 47.4 Å². The Labute approximate surface area is 189 Å². The van der Waals surface area contributed by atoms with E-state index in [9.17, 15) is 14.9 Å². The van der Waals surface area contributed by atoms with Crippen LogP contribution in [0.15, 0.2) is 65.4 Å². The van der Waals surface area contributed by atoms with Gasteiger partial charge in [-0.1, -0.05) is 38.1 Å². The summed E-state index contributed by atoms with van der Waals surface area (Å²) in [6, 6.07) is 15.0. The number of nitrogens with one attached hydrogen (secondary N) is 1. The van der Waals surface area contributed by atoms with Crippen molar-refractivity contribution in [3.8, 4) is 22.8 Å². The molecule has 0 fully saturated rings. The van der Waals surface area contributed by atoms with E-state index in [2.05, 4.69) is 53.5 Å². The number of rotatable bonds is 6. The summed E-state index contributed by atoms with van der Waals surface area (Å²) >= 11 is 0. The fourth-order valence-corrected chi connectivity index (χ4v) is 3.15. The fourth-order valence-electron chi connectivity index (χ4n) is 3.15. The summed E-state index contributed by atoms with van der Waals surface area (Å²) in [5.74, 6) is 0.504. The molecule has 4 aromatic rings. The van der Waals surface area contributed by atoms with Crippen LogP contribution in [0.5, 0.6) is 0 Å². The van der Waals surface area contributed by atoms with Gasteiger partial charge in [-0.15, -0.1) is 0 Å². The van der Waals surface area contributed by atoms with Crippen molar-refractivity contribution in [2.45, 2.75) is 32.7 Å². The minimum absolute atomic E-state index is 0.0616. The highest BCUT2D eigenvalue weighted by Gasteiger charge is 2.16. The standard InChI is InChI=1S/C23H22N6O4/c1-23(2,3)17-8-4-16(5-9-17)22-26-21(27-33-22)15-6-10-18(11-7-15)25-20(30)14-28-13-19(12-24-28)29(31)32/h4-13H,14H2,1-3H3,(H,25,30). The summed E-state index contributed by atoms with van der Waals surface area (Å²) in [7, 11) is 0. The molecule has 0 atom stereocenters. The molecule has 10 heteroatoms. The number of nitro groups is 1. The zero-order chi connectivity index (χ0) is 23.6. The van der Waals surface area contributed by atoms with E-state index in [1.807, 2.05) is 12.1 Å². The third-order valence-electron chi connectivity index (χ3n) is 4.99. The monoisotopic (exact) mass is 446 g/mol. The average Bonchev–Trinajstić information content (AvgIpc) is 3.44. The van der Waals surface area contributed by atoms with Gasteiger partial charge in [0.2, 0.25) is 11.7 Å². The Balaban J connectivity index is 1.40. The lowest BCUT2D eigenvalue weighted by molar-refractivity contribution is -0.385. The maximum absolute atomic E-state index is 12.2. The molecule has 0 aliphatic rings. The molecule has 1 N–H and O–H groups in total. The maximum atomic E-state index is 12.2. The van der Waals surface area contributed by atoms with Crippen molar-refractivity contribution in [1.29, 1.82) is 0 Å². The van der Waals surface area contributed by atoms with Gasteiger partial charge >= 0.3 is 5.69 Å². The summed E-state index contributed by atoms with van der Waals surface area (Å²) in [5.41, 5.74) is 3.24. The Hall–Kier alpha value is -4.34. The lowest BCUT2D eigenvalue weighted by Crippen LogP contribution is -2.18. The van der Waals surface area contributed by atoms with Gasteiger partial charge < -0.3 is 9.84 Å². The van der Waals surface area contributed by atoms with E-state index < -0.39 is 4.92 Å². The number of carbonyl (C=O) groups excluding carboxylic acids is 1. The minimum Gasteiger partial charge on any atom is -0.334 e. The Morgan fingerprint density at radius 2 is 1.76 bits per heavy atom. The molecule has 0 saturated heterocycles. The molecule has 4 rings (SSSR count). The quantitative estimate of drug-likeness (QED) is 0.342. The predicted molar refractivity (Wildman–Crippen MR) is 121 cm³/mol. The first-order valence-corrected chi connectivity index (χ1v) is 10.2. The van der Waals surface area contributed by atoms with Gasteiger partial charge in [0.05, 0.1) is 4.92 Å². The number of anilines is 1. The normalized spacial score (nSPS) is 11.4. The Kier molecular flexibility index (Phi) is 5.74. The van der Waals surface area contributed by atoms with Gasteiger partial charge in [0.1, 0.15) is 18.9 Å². The van der Waals surface area contributed by atoms with Crippen LogP contribution >= 0.6 is 0 Å². The second kappa shape index (κ2) is 8.65. The van der Waals surface area contributed by atoms with Crippen molar-refractivity contribution >= 4 is 17.3 Å². The fraction of sp³-hybridized carbons (Fsp3) is 0.217. The molecule has 0 unspecified atom stereocenters. The molecule has 2 aromatic carbocycles. The van der Waals surface area contributed by atoms with E-state index in [4.69, 9.17) is 4.52 Å². The largest absolute Gasteiger partial charge is 0.334 e. The molecule has 1 amide bonds. The lowest BCUT2D eigenvalue weighted by Gasteiger charge is -2.18. The summed E-state index contributed by atoms with van der Waals surface area (Å²) in [5, 5.41) is 21.3. The number of hydrogen-bond acceptors (Lipinski definition) is 7. The van der Waals surface area contributed by atoms with E-state index in [0.717, 1.165) is 17.3 Å². The average molecular weight is 446 g/mol.